The van der Waals surface area contributed by atoms with Crippen LogP contribution in [0, 0.1) is 0 Å². The molecule has 0 aromatic heterocycles. The van der Waals surface area contributed by atoms with Gasteiger partial charge in [-0.05, 0) is 61.4 Å². The minimum Gasteiger partial charge on any atom is -0.497 e. The average Bonchev–Trinajstić information content (AvgIpc) is 2.82. The highest BCUT2D eigenvalue weighted by Gasteiger charge is 2.08. The zero-order valence-corrected chi connectivity index (χ0v) is 17.8. The number of benzene rings is 2. The van der Waals surface area contributed by atoms with Crippen molar-refractivity contribution in [1.82, 2.24) is 0 Å². The SMILES string of the molecule is C=CC(=O)OCCCCCCCOc1ccc(C(=O)ONc2ccc(OC)cc2)cc1. The standard InChI is InChI=1S/C24H29NO6/c1-3-23(26)30-18-8-6-4-5-7-17-29-22-13-9-19(10-14-22)24(27)31-25-20-11-15-21(28-2)16-12-20/h3,9-16,25H,1,4-8,17-18H2,2H3. The Kier molecular flexibility index (Phi) is 10.5. The normalized spacial score (nSPS) is 10.1. The van der Waals surface area contributed by atoms with Crippen LogP contribution in [0.4, 0.5) is 5.69 Å². The first-order valence-corrected chi connectivity index (χ1v) is 10.3. The summed E-state index contributed by atoms with van der Waals surface area (Å²) in [4.78, 5) is 28.1. The molecule has 2 aromatic rings. The zero-order chi connectivity index (χ0) is 22.3. The van der Waals surface area contributed by atoms with Gasteiger partial charge in [0.15, 0.2) is 0 Å². The highest BCUT2D eigenvalue weighted by molar-refractivity contribution is 5.90. The Morgan fingerprint density at radius 1 is 0.871 bits per heavy atom. The van der Waals surface area contributed by atoms with Crippen LogP contribution in [0.3, 0.4) is 0 Å². The van der Waals surface area contributed by atoms with Gasteiger partial charge in [-0.1, -0.05) is 25.8 Å². The van der Waals surface area contributed by atoms with Crippen molar-refractivity contribution in [2.24, 2.45) is 0 Å². The van der Waals surface area contributed by atoms with E-state index in [-0.39, 0.29) is 5.97 Å². The predicted octanol–water partition coefficient (Wildman–Crippen LogP) is 4.94. The summed E-state index contributed by atoms with van der Waals surface area (Å²) in [6, 6.07) is 13.9. The van der Waals surface area contributed by atoms with E-state index in [1.807, 2.05) is 0 Å². The van der Waals surface area contributed by atoms with Gasteiger partial charge in [0, 0.05) is 6.08 Å². The lowest BCUT2D eigenvalue weighted by Gasteiger charge is -2.09. The number of rotatable bonds is 14. The molecule has 0 unspecified atom stereocenters. The van der Waals surface area contributed by atoms with Crippen molar-refractivity contribution in [3.63, 3.8) is 0 Å². The van der Waals surface area contributed by atoms with E-state index in [0.717, 1.165) is 37.9 Å². The maximum atomic E-state index is 12.1. The van der Waals surface area contributed by atoms with E-state index in [1.165, 1.54) is 6.08 Å². The van der Waals surface area contributed by atoms with Gasteiger partial charge in [0.05, 0.1) is 31.6 Å². The van der Waals surface area contributed by atoms with Crippen molar-refractivity contribution in [3.8, 4) is 11.5 Å². The van der Waals surface area contributed by atoms with Crippen LogP contribution in [0.1, 0.15) is 42.5 Å². The van der Waals surface area contributed by atoms with Gasteiger partial charge in [0.25, 0.3) is 0 Å². The lowest BCUT2D eigenvalue weighted by Crippen LogP contribution is -2.10. The monoisotopic (exact) mass is 427 g/mol. The van der Waals surface area contributed by atoms with Gasteiger partial charge in [0.2, 0.25) is 0 Å². The van der Waals surface area contributed by atoms with Crippen molar-refractivity contribution >= 4 is 17.6 Å². The van der Waals surface area contributed by atoms with Gasteiger partial charge in [-0.3, -0.25) is 0 Å². The molecule has 0 spiro atoms. The Balaban J connectivity index is 1.59. The third kappa shape index (κ3) is 9.25. The first-order valence-electron chi connectivity index (χ1n) is 10.3. The number of unbranched alkanes of at least 4 members (excludes halogenated alkanes) is 4. The Hall–Kier alpha value is -3.48. The van der Waals surface area contributed by atoms with Gasteiger partial charge in [-0.25, -0.2) is 15.1 Å². The van der Waals surface area contributed by atoms with Crippen molar-refractivity contribution < 1.29 is 28.6 Å². The van der Waals surface area contributed by atoms with Crippen molar-refractivity contribution in [2.75, 3.05) is 25.8 Å². The molecule has 0 aliphatic carbocycles. The van der Waals surface area contributed by atoms with E-state index in [2.05, 4.69) is 12.1 Å². The third-order valence-electron chi connectivity index (χ3n) is 4.41. The van der Waals surface area contributed by atoms with E-state index >= 15 is 0 Å². The van der Waals surface area contributed by atoms with E-state index in [9.17, 15) is 9.59 Å². The Morgan fingerprint density at radius 3 is 2.13 bits per heavy atom. The molecule has 31 heavy (non-hydrogen) atoms. The van der Waals surface area contributed by atoms with Gasteiger partial charge >= 0.3 is 11.9 Å². The van der Waals surface area contributed by atoms with E-state index < -0.39 is 5.97 Å². The third-order valence-corrected chi connectivity index (χ3v) is 4.41. The second-order valence-corrected chi connectivity index (χ2v) is 6.73. The molecule has 0 fully saturated rings. The molecule has 0 amide bonds. The average molecular weight is 427 g/mol. The van der Waals surface area contributed by atoms with Gasteiger partial charge < -0.3 is 19.0 Å². The number of ether oxygens (including phenoxy) is 3. The zero-order valence-electron chi connectivity index (χ0n) is 17.8. The summed E-state index contributed by atoms with van der Waals surface area (Å²) in [7, 11) is 1.59. The molecule has 0 radical (unpaired) electrons. The molecule has 0 saturated heterocycles. The van der Waals surface area contributed by atoms with Gasteiger partial charge in [0.1, 0.15) is 11.5 Å². The minimum absolute atomic E-state index is 0.374. The van der Waals surface area contributed by atoms with Crippen molar-refractivity contribution in [1.29, 1.82) is 0 Å². The number of hydrogen-bond donors (Lipinski definition) is 1. The van der Waals surface area contributed by atoms with Crippen LogP contribution in [0.5, 0.6) is 11.5 Å². The maximum Gasteiger partial charge on any atom is 0.362 e. The first-order chi connectivity index (χ1) is 15.1. The fourth-order valence-corrected chi connectivity index (χ4v) is 2.67. The first kappa shape index (κ1) is 23.8. The number of carbonyl (C=O) groups is 2. The summed E-state index contributed by atoms with van der Waals surface area (Å²) in [5, 5.41) is 0. The van der Waals surface area contributed by atoms with Crippen LogP contribution in [-0.2, 0) is 14.4 Å². The molecule has 0 bridgehead atoms. The number of nitrogens with one attached hydrogen (secondary N) is 1. The highest BCUT2D eigenvalue weighted by Crippen LogP contribution is 2.17. The fraction of sp³-hybridized carbons (Fsp3) is 0.333. The van der Waals surface area contributed by atoms with Gasteiger partial charge in [-0.15, -0.1) is 0 Å². The number of methoxy groups -OCH3 is 1. The lowest BCUT2D eigenvalue weighted by atomic mass is 10.1. The molecule has 2 aromatic carbocycles. The maximum absolute atomic E-state index is 12.1. The smallest absolute Gasteiger partial charge is 0.362 e. The summed E-state index contributed by atoms with van der Waals surface area (Å²) >= 11 is 0. The Bertz CT molecular complexity index is 817. The summed E-state index contributed by atoms with van der Waals surface area (Å²) in [5.74, 6) is 0.567. The topological polar surface area (TPSA) is 83.1 Å². The Morgan fingerprint density at radius 2 is 1.48 bits per heavy atom. The fourth-order valence-electron chi connectivity index (χ4n) is 2.67. The summed E-state index contributed by atoms with van der Waals surface area (Å²) < 4.78 is 15.7. The van der Waals surface area contributed by atoms with Crippen LogP contribution < -0.4 is 15.0 Å². The van der Waals surface area contributed by atoms with Crippen molar-refractivity contribution in [2.45, 2.75) is 32.1 Å². The highest BCUT2D eigenvalue weighted by atomic mass is 16.7. The summed E-state index contributed by atoms with van der Waals surface area (Å²) in [6.45, 7) is 4.40. The largest absolute Gasteiger partial charge is 0.497 e. The molecule has 0 atom stereocenters. The number of carbonyl (C=O) groups excluding carboxylic acids is 2. The number of anilines is 1. The van der Waals surface area contributed by atoms with E-state index in [1.54, 1.807) is 55.6 Å². The molecule has 0 aliphatic rings. The molecule has 7 heteroatoms. The van der Waals surface area contributed by atoms with Crippen LogP contribution in [-0.4, -0.2) is 32.3 Å². The predicted molar refractivity (Wildman–Crippen MR) is 118 cm³/mol. The van der Waals surface area contributed by atoms with Gasteiger partial charge in [-0.2, -0.15) is 0 Å². The number of hydrogen-bond acceptors (Lipinski definition) is 7. The molecular formula is C24H29NO6. The molecule has 0 aliphatic heterocycles. The van der Waals surface area contributed by atoms with E-state index in [4.69, 9.17) is 19.0 Å². The molecule has 1 N–H and O–H groups in total. The quantitative estimate of drug-likeness (QED) is 0.198. The molecular weight excluding hydrogens is 398 g/mol. The lowest BCUT2D eigenvalue weighted by molar-refractivity contribution is -0.137. The van der Waals surface area contributed by atoms with Crippen LogP contribution in [0.25, 0.3) is 0 Å². The Labute approximate surface area is 182 Å². The summed E-state index contributed by atoms with van der Waals surface area (Å²) in [6.07, 6.45) is 6.06. The molecule has 7 nitrogen and oxygen atoms in total. The second-order valence-electron chi connectivity index (χ2n) is 6.73. The van der Waals surface area contributed by atoms with E-state index in [0.29, 0.717) is 30.2 Å². The molecule has 2 rings (SSSR count). The molecule has 166 valence electrons. The van der Waals surface area contributed by atoms with Crippen LogP contribution >= 0.6 is 0 Å². The minimum atomic E-state index is -0.485. The second kappa shape index (κ2) is 13.7. The number of esters is 1. The van der Waals surface area contributed by atoms with Crippen LogP contribution in [0.15, 0.2) is 61.2 Å². The molecule has 0 heterocycles. The van der Waals surface area contributed by atoms with Crippen LogP contribution in [0.2, 0.25) is 0 Å². The van der Waals surface area contributed by atoms with Crippen molar-refractivity contribution in [3.05, 3.63) is 66.7 Å². The molecule has 0 saturated carbocycles. The summed E-state index contributed by atoms with van der Waals surface area (Å²) in [5.41, 5.74) is 3.69.